The van der Waals surface area contributed by atoms with Gasteiger partial charge in [-0.25, -0.2) is 13.4 Å². The van der Waals surface area contributed by atoms with E-state index in [9.17, 15) is 13.2 Å². The van der Waals surface area contributed by atoms with E-state index in [0.717, 1.165) is 6.26 Å². The third kappa shape index (κ3) is 5.07. The van der Waals surface area contributed by atoms with Gasteiger partial charge in [0.15, 0.2) is 15.0 Å². The molecule has 0 bridgehead atoms. The molecule has 0 aliphatic rings. The lowest BCUT2D eigenvalue weighted by Crippen LogP contribution is -2.36. The molecular weight excluding hydrogens is 453 g/mol. The highest BCUT2D eigenvalue weighted by Gasteiger charge is 2.24. The fraction of sp³-hybridized carbons (Fsp3) is 0.263. The first-order chi connectivity index (χ1) is 13.6. The minimum Gasteiger partial charge on any atom is -0.308 e. The number of carbonyl (C=O) groups is 1. The molecule has 0 saturated carbocycles. The number of nitrogens with zero attached hydrogens (tertiary/aromatic N) is 3. The SMILES string of the molecule is CN(C)CCN(C(=O)c1cc(Cl)ccc1Cl)c1nc2ccc(S(C)(=O)=O)cc2s1. The van der Waals surface area contributed by atoms with E-state index in [1.165, 1.54) is 23.5 Å². The Bertz CT molecular complexity index is 1180. The smallest absolute Gasteiger partial charge is 0.261 e. The number of thiazole rings is 1. The lowest BCUT2D eigenvalue weighted by molar-refractivity contribution is 0.0985. The summed E-state index contributed by atoms with van der Waals surface area (Å²) in [6.45, 7) is 0.988. The van der Waals surface area contributed by atoms with Crippen LogP contribution in [0.2, 0.25) is 10.0 Å². The molecule has 0 radical (unpaired) electrons. The van der Waals surface area contributed by atoms with Crippen LogP contribution >= 0.6 is 34.5 Å². The summed E-state index contributed by atoms with van der Waals surface area (Å²) in [6.07, 6.45) is 1.16. The molecule has 0 unspecified atom stereocenters. The molecule has 154 valence electrons. The van der Waals surface area contributed by atoms with Gasteiger partial charge in [0.1, 0.15) is 0 Å². The van der Waals surface area contributed by atoms with Crippen LogP contribution in [0.4, 0.5) is 5.13 Å². The zero-order chi connectivity index (χ0) is 21.3. The first kappa shape index (κ1) is 22.0. The summed E-state index contributed by atoms with van der Waals surface area (Å²) in [7, 11) is 0.480. The Labute approximate surface area is 183 Å². The summed E-state index contributed by atoms with van der Waals surface area (Å²) in [5, 5.41) is 1.18. The average molecular weight is 472 g/mol. The van der Waals surface area contributed by atoms with Crippen LogP contribution in [0.1, 0.15) is 10.4 Å². The lowest BCUT2D eigenvalue weighted by atomic mass is 10.2. The van der Waals surface area contributed by atoms with Crippen LogP contribution in [0, 0.1) is 0 Å². The minimum absolute atomic E-state index is 0.212. The summed E-state index contributed by atoms with van der Waals surface area (Å²) < 4.78 is 24.4. The van der Waals surface area contributed by atoms with Crippen LogP contribution < -0.4 is 4.90 Å². The van der Waals surface area contributed by atoms with E-state index in [1.54, 1.807) is 29.2 Å². The molecule has 6 nitrogen and oxygen atoms in total. The van der Waals surface area contributed by atoms with Gasteiger partial charge in [0.2, 0.25) is 0 Å². The third-order valence-corrected chi connectivity index (χ3v) is 6.90. The highest BCUT2D eigenvalue weighted by molar-refractivity contribution is 7.90. The van der Waals surface area contributed by atoms with E-state index in [0.29, 0.717) is 38.5 Å². The number of hydrogen-bond donors (Lipinski definition) is 0. The minimum atomic E-state index is -3.34. The molecule has 1 aromatic heterocycles. The molecule has 29 heavy (non-hydrogen) atoms. The van der Waals surface area contributed by atoms with Crippen LogP contribution in [0.15, 0.2) is 41.3 Å². The van der Waals surface area contributed by atoms with Crippen molar-refractivity contribution < 1.29 is 13.2 Å². The van der Waals surface area contributed by atoms with Gasteiger partial charge in [0.05, 0.1) is 25.7 Å². The number of sulfone groups is 1. The molecule has 0 atom stereocenters. The van der Waals surface area contributed by atoms with Crippen molar-refractivity contribution in [3.05, 3.63) is 52.0 Å². The monoisotopic (exact) mass is 471 g/mol. The van der Waals surface area contributed by atoms with E-state index in [-0.39, 0.29) is 16.4 Å². The first-order valence-corrected chi connectivity index (χ1v) is 12.0. The topological polar surface area (TPSA) is 70.6 Å². The number of anilines is 1. The zero-order valence-electron chi connectivity index (χ0n) is 16.0. The van der Waals surface area contributed by atoms with Crippen molar-refractivity contribution in [2.75, 3.05) is 38.3 Å². The molecule has 1 amide bonds. The van der Waals surface area contributed by atoms with Crippen molar-refractivity contribution in [3.8, 4) is 0 Å². The number of hydrogen-bond acceptors (Lipinski definition) is 6. The van der Waals surface area contributed by atoms with Crippen molar-refractivity contribution in [1.82, 2.24) is 9.88 Å². The van der Waals surface area contributed by atoms with Crippen molar-refractivity contribution >= 4 is 65.6 Å². The first-order valence-electron chi connectivity index (χ1n) is 8.58. The van der Waals surface area contributed by atoms with Gasteiger partial charge in [-0.3, -0.25) is 9.69 Å². The molecule has 0 aliphatic carbocycles. The molecule has 3 rings (SSSR count). The molecule has 0 saturated heterocycles. The second-order valence-corrected chi connectivity index (χ2v) is 10.7. The molecule has 3 aromatic rings. The predicted molar refractivity (Wildman–Crippen MR) is 119 cm³/mol. The van der Waals surface area contributed by atoms with E-state index < -0.39 is 9.84 Å². The maximum absolute atomic E-state index is 13.3. The second kappa shape index (κ2) is 8.57. The van der Waals surface area contributed by atoms with Gasteiger partial charge in [-0.05, 0) is 50.5 Å². The van der Waals surface area contributed by atoms with Crippen molar-refractivity contribution in [2.45, 2.75) is 4.90 Å². The van der Waals surface area contributed by atoms with Crippen LogP contribution in [-0.2, 0) is 9.84 Å². The summed E-state index contributed by atoms with van der Waals surface area (Å²) in [4.78, 5) is 21.5. The summed E-state index contributed by atoms with van der Waals surface area (Å²) in [5.74, 6) is -0.318. The molecule has 1 heterocycles. The Morgan fingerprint density at radius 2 is 1.83 bits per heavy atom. The van der Waals surface area contributed by atoms with Gasteiger partial charge in [0, 0.05) is 24.4 Å². The van der Waals surface area contributed by atoms with Crippen LogP contribution in [0.25, 0.3) is 10.2 Å². The molecule has 0 aliphatic heterocycles. The fourth-order valence-corrected chi connectivity index (χ4v) is 4.75. The van der Waals surface area contributed by atoms with Gasteiger partial charge in [-0.1, -0.05) is 34.5 Å². The fourth-order valence-electron chi connectivity index (χ4n) is 2.63. The number of rotatable bonds is 6. The quantitative estimate of drug-likeness (QED) is 0.538. The predicted octanol–water partition coefficient (Wildman–Crippen LogP) is 4.22. The average Bonchev–Trinajstić information content (AvgIpc) is 3.05. The Hall–Kier alpha value is -1.71. The summed E-state index contributed by atoms with van der Waals surface area (Å²) in [6, 6.07) is 9.47. The maximum atomic E-state index is 13.3. The van der Waals surface area contributed by atoms with Gasteiger partial charge in [-0.15, -0.1) is 0 Å². The molecule has 10 heteroatoms. The molecule has 2 aromatic carbocycles. The molecule has 0 spiro atoms. The summed E-state index contributed by atoms with van der Waals surface area (Å²) in [5.41, 5.74) is 0.909. The largest absolute Gasteiger partial charge is 0.308 e. The summed E-state index contributed by atoms with van der Waals surface area (Å²) >= 11 is 13.5. The number of likely N-dealkylation sites (N-methyl/N-ethyl adjacent to an activating group) is 1. The highest BCUT2D eigenvalue weighted by Crippen LogP contribution is 2.32. The standard InChI is InChI=1S/C19H19Cl2N3O3S2/c1-23(2)8-9-24(18(25)14-10-12(20)4-6-15(14)21)19-22-16-7-5-13(29(3,26)27)11-17(16)28-19/h4-7,10-11H,8-9H2,1-3H3. The van der Waals surface area contributed by atoms with Crippen molar-refractivity contribution in [3.63, 3.8) is 0 Å². The Morgan fingerprint density at radius 1 is 1.10 bits per heavy atom. The maximum Gasteiger partial charge on any atom is 0.261 e. The number of amides is 1. The van der Waals surface area contributed by atoms with Crippen LogP contribution in [-0.4, -0.2) is 57.6 Å². The van der Waals surface area contributed by atoms with Gasteiger partial charge < -0.3 is 4.90 Å². The Balaban J connectivity index is 2.06. The van der Waals surface area contributed by atoms with Crippen molar-refractivity contribution in [1.29, 1.82) is 0 Å². The van der Waals surface area contributed by atoms with Gasteiger partial charge >= 0.3 is 0 Å². The number of benzene rings is 2. The van der Waals surface area contributed by atoms with E-state index in [2.05, 4.69) is 4.98 Å². The molecule has 0 N–H and O–H groups in total. The molecular formula is C19H19Cl2N3O3S2. The number of carbonyl (C=O) groups excluding carboxylic acids is 1. The number of fused-ring (bicyclic) bond motifs is 1. The van der Waals surface area contributed by atoms with Gasteiger partial charge in [0.25, 0.3) is 5.91 Å². The number of aromatic nitrogens is 1. The zero-order valence-corrected chi connectivity index (χ0v) is 19.2. The number of halogens is 2. The normalized spacial score (nSPS) is 11.9. The van der Waals surface area contributed by atoms with Gasteiger partial charge in [-0.2, -0.15) is 0 Å². The second-order valence-electron chi connectivity index (χ2n) is 6.78. The lowest BCUT2D eigenvalue weighted by Gasteiger charge is -2.22. The van der Waals surface area contributed by atoms with E-state index in [4.69, 9.17) is 23.2 Å². The molecule has 0 fully saturated rings. The van der Waals surface area contributed by atoms with E-state index >= 15 is 0 Å². The third-order valence-electron chi connectivity index (χ3n) is 4.18. The highest BCUT2D eigenvalue weighted by atomic mass is 35.5. The van der Waals surface area contributed by atoms with Crippen LogP contribution in [0.5, 0.6) is 0 Å². The Kier molecular flexibility index (Phi) is 6.50. The van der Waals surface area contributed by atoms with Crippen LogP contribution in [0.3, 0.4) is 0 Å². The Morgan fingerprint density at radius 3 is 2.48 bits per heavy atom. The van der Waals surface area contributed by atoms with E-state index in [1.807, 2.05) is 19.0 Å². The van der Waals surface area contributed by atoms with Crippen molar-refractivity contribution in [2.24, 2.45) is 0 Å².